The number of nitro benzene ring substituents is 1. The highest BCUT2D eigenvalue weighted by Crippen LogP contribution is 2.25. The van der Waals surface area contributed by atoms with E-state index in [9.17, 15) is 18.5 Å². The molecule has 1 saturated heterocycles. The standard InChI is InChI=1S/C20H25N3O4S/c1-16-4-7-18(8-5-16)15-21-10-3-11-22(13-12-21)28(26,27)20-14-19(23(24)25)9-6-17(20)2/h4-9,14H,3,10-13,15H2,1-2H3. The lowest BCUT2D eigenvalue weighted by Crippen LogP contribution is -2.35. The van der Waals surface area contributed by atoms with Crippen LogP contribution in [0.3, 0.4) is 0 Å². The third-order valence-electron chi connectivity index (χ3n) is 5.07. The zero-order valence-electron chi connectivity index (χ0n) is 16.2. The van der Waals surface area contributed by atoms with Crippen molar-refractivity contribution in [3.8, 4) is 0 Å². The van der Waals surface area contributed by atoms with Gasteiger partial charge >= 0.3 is 0 Å². The van der Waals surface area contributed by atoms with E-state index in [0.717, 1.165) is 19.5 Å². The number of benzene rings is 2. The third kappa shape index (κ3) is 4.57. The average Bonchev–Trinajstić information content (AvgIpc) is 2.90. The lowest BCUT2D eigenvalue weighted by atomic mass is 10.1. The molecule has 0 saturated carbocycles. The van der Waals surface area contributed by atoms with Crippen molar-refractivity contribution in [2.45, 2.75) is 31.7 Å². The Kier molecular flexibility index (Phi) is 6.12. The maximum atomic E-state index is 13.1. The molecule has 3 rings (SSSR count). The van der Waals surface area contributed by atoms with Crippen molar-refractivity contribution in [1.82, 2.24) is 9.21 Å². The molecule has 0 atom stereocenters. The van der Waals surface area contributed by atoms with E-state index in [1.54, 1.807) is 6.92 Å². The van der Waals surface area contributed by atoms with Crippen LogP contribution in [0.15, 0.2) is 47.4 Å². The normalized spacial score (nSPS) is 16.6. The first-order valence-electron chi connectivity index (χ1n) is 9.30. The van der Waals surface area contributed by atoms with Gasteiger partial charge in [0.05, 0.1) is 9.82 Å². The molecular formula is C20H25N3O4S. The van der Waals surface area contributed by atoms with Crippen LogP contribution in [-0.4, -0.2) is 48.7 Å². The fraction of sp³-hybridized carbons (Fsp3) is 0.400. The highest BCUT2D eigenvalue weighted by molar-refractivity contribution is 7.89. The number of sulfonamides is 1. The van der Waals surface area contributed by atoms with Crippen molar-refractivity contribution >= 4 is 15.7 Å². The molecule has 7 nitrogen and oxygen atoms in total. The van der Waals surface area contributed by atoms with E-state index in [-0.39, 0.29) is 10.6 Å². The number of nitrogens with zero attached hydrogens (tertiary/aromatic N) is 3. The molecule has 0 aliphatic carbocycles. The highest BCUT2D eigenvalue weighted by atomic mass is 32.2. The van der Waals surface area contributed by atoms with E-state index < -0.39 is 14.9 Å². The fourth-order valence-corrected chi connectivity index (χ4v) is 5.13. The van der Waals surface area contributed by atoms with Gasteiger partial charge in [0.25, 0.3) is 5.69 Å². The zero-order chi connectivity index (χ0) is 20.3. The molecule has 1 aliphatic heterocycles. The molecule has 1 heterocycles. The lowest BCUT2D eigenvalue weighted by Gasteiger charge is -2.22. The molecule has 150 valence electrons. The summed E-state index contributed by atoms with van der Waals surface area (Å²) >= 11 is 0. The predicted octanol–water partition coefficient (Wildman–Crippen LogP) is 3.11. The minimum absolute atomic E-state index is 0.0219. The largest absolute Gasteiger partial charge is 0.298 e. The Morgan fingerprint density at radius 1 is 1.00 bits per heavy atom. The molecular weight excluding hydrogens is 378 g/mol. The van der Waals surface area contributed by atoms with Crippen LogP contribution in [0.2, 0.25) is 0 Å². The first-order valence-corrected chi connectivity index (χ1v) is 10.7. The molecule has 0 bridgehead atoms. The minimum Gasteiger partial charge on any atom is -0.298 e. The van der Waals surface area contributed by atoms with Crippen molar-refractivity contribution in [3.63, 3.8) is 0 Å². The molecule has 0 N–H and O–H groups in total. The number of non-ortho nitro benzene ring substituents is 1. The van der Waals surface area contributed by atoms with Gasteiger partial charge in [-0.1, -0.05) is 35.9 Å². The summed E-state index contributed by atoms with van der Waals surface area (Å²) in [6.45, 7) is 6.72. The first kappa shape index (κ1) is 20.4. The highest BCUT2D eigenvalue weighted by Gasteiger charge is 2.29. The van der Waals surface area contributed by atoms with Crippen LogP contribution in [0.25, 0.3) is 0 Å². The van der Waals surface area contributed by atoms with E-state index in [1.165, 1.54) is 33.6 Å². The monoisotopic (exact) mass is 403 g/mol. The van der Waals surface area contributed by atoms with Crippen LogP contribution in [0.1, 0.15) is 23.1 Å². The van der Waals surface area contributed by atoms with Crippen molar-refractivity contribution in [2.75, 3.05) is 26.2 Å². The number of nitro groups is 1. The maximum Gasteiger partial charge on any atom is 0.270 e. The number of aryl methyl sites for hydroxylation is 2. The van der Waals surface area contributed by atoms with Gasteiger partial charge < -0.3 is 0 Å². The molecule has 28 heavy (non-hydrogen) atoms. The van der Waals surface area contributed by atoms with Gasteiger partial charge in [0.1, 0.15) is 0 Å². The summed E-state index contributed by atoms with van der Waals surface area (Å²) in [4.78, 5) is 12.8. The Morgan fingerprint density at radius 3 is 2.39 bits per heavy atom. The zero-order valence-corrected chi connectivity index (χ0v) is 17.0. The van der Waals surface area contributed by atoms with E-state index in [4.69, 9.17) is 0 Å². The molecule has 0 aromatic heterocycles. The number of rotatable bonds is 5. The quantitative estimate of drug-likeness (QED) is 0.566. The van der Waals surface area contributed by atoms with Crippen molar-refractivity contribution in [3.05, 3.63) is 69.3 Å². The van der Waals surface area contributed by atoms with Gasteiger partial charge in [-0.05, 0) is 37.9 Å². The van der Waals surface area contributed by atoms with Crippen molar-refractivity contribution < 1.29 is 13.3 Å². The minimum atomic E-state index is -3.77. The molecule has 1 fully saturated rings. The summed E-state index contributed by atoms with van der Waals surface area (Å²) in [6.07, 6.45) is 0.721. The second kappa shape index (κ2) is 8.38. The molecule has 0 amide bonds. The van der Waals surface area contributed by atoms with Gasteiger partial charge in [-0.2, -0.15) is 4.31 Å². The number of hydrogen-bond donors (Lipinski definition) is 0. The van der Waals surface area contributed by atoms with Crippen LogP contribution >= 0.6 is 0 Å². The van der Waals surface area contributed by atoms with Gasteiger partial charge in [0.15, 0.2) is 0 Å². The van der Waals surface area contributed by atoms with Gasteiger partial charge in [-0.15, -0.1) is 0 Å². The molecule has 2 aromatic rings. The van der Waals surface area contributed by atoms with Crippen LogP contribution in [0, 0.1) is 24.0 Å². The molecule has 1 aliphatic rings. The Bertz CT molecular complexity index is 958. The Hall–Kier alpha value is -2.29. The molecule has 2 aromatic carbocycles. The van der Waals surface area contributed by atoms with Crippen LogP contribution < -0.4 is 0 Å². The van der Waals surface area contributed by atoms with Gasteiger partial charge in [-0.25, -0.2) is 8.42 Å². The first-order chi connectivity index (χ1) is 13.3. The van der Waals surface area contributed by atoms with E-state index >= 15 is 0 Å². The Morgan fingerprint density at radius 2 is 1.71 bits per heavy atom. The van der Waals surface area contributed by atoms with Crippen LogP contribution in [-0.2, 0) is 16.6 Å². The molecule has 8 heteroatoms. The fourth-order valence-electron chi connectivity index (χ4n) is 3.42. The summed E-state index contributed by atoms with van der Waals surface area (Å²) in [7, 11) is -3.77. The second-order valence-corrected chi connectivity index (χ2v) is 9.13. The predicted molar refractivity (Wildman–Crippen MR) is 108 cm³/mol. The summed E-state index contributed by atoms with van der Waals surface area (Å²) in [5.74, 6) is 0. The molecule has 0 unspecified atom stereocenters. The second-order valence-electron chi connectivity index (χ2n) is 7.23. The van der Waals surface area contributed by atoms with Crippen LogP contribution in [0.4, 0.5) is 5.69 Å². The van der Waals surface area contributed by atoms with Crippen molar-refractivity contribution in [1.29, 1.82) is 0 Å². The average molecular weight is 404 g/mol. The van der Waals surface area contributed by atoms with Crippen molar-refractivity contribution in [2.24, 2.45) is 0 Å². The SMILES string of the molecule is Cc1ccc(CN2CCCN(S(=O)(=O)c3cc([N+](=O)[O-])ccc3C)CC2)cc1. The van der Waals surface area contributed by atoms with Crippen LogP contribution in [0.5, 0.6) is 0 Å². The van der Waals surface area contributed by atoms with E-state index in [0.29, 0.717) is 25.2 Å². The van der Waals surface area contributed by atoms with Gasteiger partial charge in [0, 0.05) is 38.3 Å². The summed E-state index contributed by atoms with van der Waals surface area (Å²) in [5.41, 5.74) is 2.73. The maximum absolute atomic E-state index is 13.1. The van der Waals surface area contributed by atoms with Gasteiger partial charge in [-0.3, -0.25) is 15.0 Å². The summed E-state index contributed by atoms with van der Waals surface area (Å²) in [5, 5.41) is 11.1. The Balaban J connectivity index is 1.75. The third-order valence-corrected chi connectivity index (χ3v) is 7.12. The summed E-state index contributed by atoms with van der Waals surface area (Å²) < 4.78 is 27.7. The smallest absolute Gasteiger partial charge is 0.270 e. The lowest BCUT2D eigenvalue weighted by molar-refractivity contribution is -0.385. The van der Waals surface area contributed by atoms with E-state index in [2.05, 4.69) is 29.2 Å². The summed E-state index contributed by atoms with van der Waals surface area (Å²) in [6, 6.07) is 12.3. The number of hydrogen-bond acceptors (Lipinski definition) is 5. The van der Waals surface area contributed by atoms with E-state index in [1.807, 2.05) is 6.92 Å². The molecule has 0 spiro atoms. The van der Waals surface area contributed by atoms with Gasteiger partial charge in [0.2, 0.25) is 10.0 Å². The molecule has 0 radical (unpaired) electrons. The Labute approximate surface area is 165 Å². The topological polar surface area (TPSA) is 83.8 Å².